The van der Waals surface area contributed by atoms with Crippen LogP contribution in [0.15, 0.2) is 24.3 Å². The second-order valence-corrected chi connectivity index (χ2v) is 9.27. The molecule has 0 aliphatic heterocycles. The van der Waals surface area contributed by atoms with E-state index in [1.165, 1.54) is 88.1 Å². The minimum atomic E-state index is 0. The lowest BCUT2D eigenvalue weighted by Crippen LogP contribution is -3.00. The Hall–Kier alpha value is -0.0900. The Labute approximate surface area is 186 Å². The second-order valence-electron chi connectivity index (χ2n) is 9.27. The van der Waals surface area contributed by atoms with E-state index >= 15 is 0 Å². The van der Waals surface area contributed by atoms with E-state index in [1.807, 2.05) is 0 Å². The fourth-order valence-electron chi connectivity index (χ4n) is 4.93. The molecule has 27 heavy (non-hydrogen) atoms. The van der Waals surface area contributed by atoms with Gasteiger partial charge in [-0.25, -0.2) is 0 Å². The van der Waals surface area contributed by atoms with Gasteiger partial charge in [-0.1, -0.05) is 70.2 Å². The zero-order chi connectivity index (χ0) is 18.8. The van der Waals surface area contributed by atoms with Crippen LogP contribution in [0, 0.1) is 0 Å². The predicted molar refractivity (Wildman–Crippen MR) is 116 cm³/mol. The van der Waals surface area contributed by atoms with E-state index in [0.29, 0.717) is 0 Å². The molecule has 0 amide bonds. The van der Waals surface area contributed by atoms with Crippen molar-refractivity contribution in [1.82, 2.24) is 0 Å². The summed E-state index contributed by atoms with van der Waals surface area (Å²) in [4.78, 5) is 0. The maximum absolute atomic E-state index is 2.44. The monoisotopic (exact) mass is 485 g/mol. The fraction of sp³-hybridized carbons (Fsp3) is 0.760. The van der Waals surface area contributed by atoms with Crippen molar-refractivity contribution >= 4 is 0 Å². The lowest BCUT2D eigenvalue weighted by molar-refractivity contribution is -0.916. The number of nitrogens with zero attached hydrogens (tertiary/aromatic N) is 1. The van der Waals surface area contributed by atoms with Gasteiger partial charge in [0.1, 0.15) is 0 Å². The minimum Gasteiger partial charge on any atom is -1.00 e. The summed E-state index contributed by atoms with van der Waals surface area (Å²) in [5.41, 5.74) is 3.13. The highest BCUT2D eigenvalue weighted by Crippen LogP contribution is 2.36. The Morgan fingerprint density at radius 3 is 1.96 bits per heavy atom. The van der Waals surface area contributed by atoms with Crippen LogP contribution >= 0.6 is 0 Å². The molecule has 0 spiro atoms. The van der Waals surface area contributed by atoms with Crippen LogP contribution in [0.4, 0.5) is 0 Å². The number of benzene rings is 1. The van der Waals surface area contributed by atoms with E-state index in [1.54, 1.807) is 11.1 Å². The zero-order valence-corrected chi connectivity index (χ0v) is 20.6. The minimum absolute atomic E-state index is 0. The summed E-state index contributed by atoms with van der Waals surface area (Å²) >= 11 is 0. The molecule has 0 atom stereocenters. The summed E-state index contributed by atoms with van der Waals surface area (Å²) in [6, 6.07) is 10.6. The maximum Gasteiger partial charge on any atom is 0.0886 e. The standard InChI is InChI=1S/C25H44N.HI/c1-5-7-8-9-10-11-12-22-13-15-23(16-14-22)24-17-19-25(20-18-24)26(3,4)21-6-2;/h13-16,24-25H,5-12,17-21H2,1-4H3;1H/q+1;/p-1. The van der Waals surface area contributed by atoms with Crippen LogP contribution in [0.2, 0.25) is 0 Å². The van der Waals surface area contributed by atoms with Gasteiger partial charge >= 0.3 is 0 Å². The first kappa shape index (κ1) is 24.9. The van der Waals surface area contributed by atoms with Crippen molar-refractivity contribution in [2.75, 3.05) is 20.6 Å². The van der Waals surface area contributed by atoms with Gasteiger partial charge in [0.05, 0.1) is 26.7 Å². The topological polar surface area (TPSA) is 0 Å². The third-order valence-corrected chi connectivity index (χ3v) is 6.76. The molecular formula is C25H44IN. The molecule has 1 nitrogen and oxygen atoms in total. The molecule has 0 heterocycles. The van der Waals surface area contributed by atoms with Crippen LogP contribution in [0.25, 0.3) is 0 Å². The summed E-state index contributed by atoms with van der Waals surface area (Å²) in [6.45, 7) is 5.93. The van der Waals surface area contributed by atoms with Crippen LogP contribution in [0.3, 0.4) is 0 Å². The van der Waals surface area contributed by atoms with E-state index in [4.69, 9.17) is 0 Å². The molecule has 0 saturated heterocycles. The Kier molecular flexibility index (Phi) is 12.2. The maximum atomic E-state index is 2.44. The first-order valence-electron chi connectivity index (χ1n) is 11.5. The van der Waals surface area contributed by atoms with Gasteiger partial charge in [-0.15, -0.1) is 0 Å². The van der Waals surface area contributed by atoms with E-state index < -0.39 is 0 Å². The van der Waals surface area contributed by atoms with Crippen molar-refractivity contribution in [1.29, 1.82) is 0 Å². The quantitative estimate of drug-likeness (QED) is 0.252. The smallest absolute Gasteiger partial charge is 0.0886 e. The molecule has 1 aliphatic carbocycles. The molecule has 1 aromatic carbocycles. The average Bonchev–Trinajstić information content (AvgIpc) is 2.65. The zero-order valence-electron chi connectivity index (χ0n) is 18.5. The average molecular weight is 486 g/mol. The Morgan fingerprint density at radius 1 is 0.778 bits per heavy atom. The highest BCUT2D eigenvalue weighted by atomic mass is 127. The molecular weight excluding hydrogens is 441 g/mol. The molecule has 0 aromatic heterocycles. The molecule has 0 N–H and O–H groups in total. The number of rotatable bonds is 11. The lowest BCUT2D eigenvalue weighted by atomic mass is 9.80. The highest BCUT2D eigenvalue weighted by Gasteiger charge is 2.32. The van der Waals surface area contributed by atoms with Crippen LogP contribution in [0.1, 0.15) is 102 Å². The number of quaternary nitrogens is 1. The van der Waals surface area contributed by atoms with Crippen LogP contribution in [0.5, 0.6) is 0 Å². The molecule has 1 aromatic rings. The van der Waals surface area contributed by atoms with E-state index in [0.717, 1.165) is 12.0 Å². The molecule has 0 unspecified atom stereocenters. The summed E-state index contributed by atoms with van der Waals surface area (Å²) in [6.07, 6.45) is 16.5. The van der Waals surface area contributed by atoms with Gasteiger partial charge < -0.3 is 28.5 Å². The van der Waals surface area contributed by atoms with Gasteiger partial charge in [-0.3, -0.25) is 0 Å². The first-order valence-corrected chi connectivity index (χ1v) is 11.5. The first-order chi connectivity index (χ1) is 12.6. The third kappa shape index (κ3) is 8.43. The van der Waals surface area contributed by atoms with Crippen LogP contribution in [-0.2, 0) is 6.42 Å². The predicted octanol–water partition coefficient (Wildman–Crippen LogP) is 4.11. The van der Waals surface area contributed by atoms with Gasteiger partial charge in [0.25, 0.3) is 0 Å². The largest absolute Gasteiger partial charge is 1.00 e. The number of hydrogen-bond acceptors (Lipinski definition) is 0. The Bertz CT molecular complexity index is 486. The number of halogens is 1. The summed E-state index contributed by atoms with van der Waals surface area (Å²) < 4.78 is 1.22. The van der Waals surface area contributed by atoms with Crippen molar-refractivity contribution < 1.29 is 28.5 Å². The lowest BCUT2D eigenvalue weighted by Gasteiger charge is -2.41. The summed E-state index contributed by atoms with van der Waals surface area (Å²) in [5.74, 6) is 0.802. The van der Waals surface area contributed by atoms with E-state index in [2.05, 4.69) is 52.2 Å². The third-order valence-electron chi connectivity index (χ3n) is 6.76. The van der Waals surface area contributed by atoms with Crippen molar-refractivity contribution in [2.24, 2.45) is 0 Å². The number of hydrogen-bond donors (Lipinski definition) is 0. The van der Waals surface area contributed by atoms with Crippen molar-refractivity contribution in [3.05, 3.63) is 35.4 Å². The normalized spacial score (nSPS) is 20.3. The fourth-order valence-corrected chi connectivity index (χ4v) is 4.93. The molecule has 0 radical (unpaired) electrons. The molecule has 156 valence electrons. The highest BCUT2D eigenvalue weighted by molar-refractivity contribution is 5.26. The SMILES string of the molecule is CCCCCCCCc1ccc(C2CCC([N+](C)(C)CCC)CC2)cc1.[I-]. The Balaban J connectivity index is 0.00000364. The molecule has 2 heteroatoms. The molecule has 0 bridgehead atoms. The van der Waals surface area contributed by atoms with E-state index in [-0.39, 0.29) is 24.0 Å². The Morgan fingerprint density at radius 2 is 1.37 bits per heavy atom. The molecule has 1 fully saturated rings. The molecule has 2 rings (SSSR count). The summed E-state index contributed by atoms with van der Waals surface area (Å²) in [7, 11) is 4.87. The number of aryl methyl sites for hydroxylation is 1. The van der Waals surface area contributed by atoms with Crippen molar-refractivity contribution in [3.63, 3.8) is 0 Å². The molecule has 1 saturated carbocycles. The van der Waals surface area contributed by atoms with Crippen LogP contribution in [-0.4, -0.2) is 31.2 Å². The molecule has 1 aliphatic rings. The van der Waals surface area contributed by atoms with Crippen LogP contribution < -0.4 is 24.0 Å². The number of unbranched alkanes of at least 4 members (excludes halogenated alkanes) is 5. The van der Waals surface area contributed by atoms with Crippen molar-refractivity contribution in [3.8, 4) is 0 Å². The summed E-state index contributed by atoms with van der Waals surface area (Å²) in [5, 5.41) is 0. The van der Waals surface area contributed by atoms with Gasteiger partial charge in [0, 0.05) is 12.8 Å². The van der Waals surface area contributed by atoms with E-state index in [9.17, 15) is 0 Å². The van der Waals surface area contributed by atoms with Crippen molar-refractivity contribution in [2.45, 2.75) is 103 Å². The van der Waals surface area contributed by atoms with Gasteiger partial charge in [-0.2, -0.15) is 0 Å². The van der Waals surface area contributed by atoms with Gasteiger partial charge in [-0.05, 0) is 49.1 Å². The second kappa shape index (κ2) is 13.2. The van der Waals surface area contributed by atoms with Gasteiger partial charge in [0.2, 0.25) is 0 Å². The van der Waals surface area contributed by atoms with Gasteiger partial charge in [0.15, 0.2) is 0 Å².